The summed E-state index contributed by atoms with van der Waals surface area (Å²) in [5.41, 5.74) is 1.41. The van der Waals surface area contributed by atoms with Crippen molar-refractivity contribution in [3.63, 3.8) is 0 Å². The first-order valence-corrected chi connectivity index (χ1v) is 7.14. The zero-order valence-electron chi connectivity index (χ0n) is 13.1. The molecule has 118 valence electrons. The smallest absolute Gasteiger partial charge is 0.242 e. The minimum atomic E-state index is -0.799. The molecule has 0 unspecified atom stereocenters. The molecule has 1 atom stereocenters. The van der Waals surface area contributed by atoms with Gasteiger partial charge in [-0.15, -0.1) is 0 Å². The minimum absolute atomic E-state index is 0.314. The number of hydrogen-bond acceptors (Lipinski definition) is 4. The number of para-hydroxylation sites is 2. The highest BCUT2D eigenvalue weighted by molar-refractivity contribution is 5.95. The van der Waals surface area contributed by atoms with Crippen molar-refractivity contribution in [3.05, 3.63) is 54.1 Å². The summed E-state index contributed by atoms with van der Waals surface area (Å²) < 4.78 is 10.4. The van der Waals surface area contributed by atoms with Gasteiger partial charge in [-0.2, -0.15) is 5.26 Å². The number of ether oxygens (including phenoxy) is 2. The Balaban J connectivity index is 2.11. The summed E-state index contributed by atoms with van der Waals surface area (Å²) in [5.74, 6) is 0.0927. The van der Waals surface area contributed by atoms with E-state index in [-0.39, 0.29) is 5.91 Å². The first-order valence-electron chi connectivity index (χ1n) is 7.14. The second-order valence-corrected chi connectivity index (χ2v) is 4.93. The quantitative estimate of drug-likeness (QED) is 0.890. The molecular formula is C18H18N2O3. The van der Waals surface area contributed by atoms with E-state index in [0.717, 1.165) is 5.56 Å². The summed E-state index contributed by atoms with van der Waals surface area (Å²) in [6.45, 7) is 0. The number of carbonyl (C=O) groups excluding carboxylic acids is 1. The van der Waals surface area contributed by atoms with Crippen LogP contribution >= 0.6 is 0 Å². The Kier molecular flexibility index (Phi) is 5.59. The molecule has 5 nitrogen and oxygen atoms in total. The van der Waals surface area contributed by atoms with E-state index in [9.17, 15) is 10.1 Å². The Morgan fingerprint density at radius 3 is 2.65 bits per heavy atom. The number of benzene rings is 2. The van der Waals surface area contributed by atoms with Gasteiger partial charge in [0.05, 0.1) is 26.0 Å². The largest absolute Gasteiger partial charge is 0.497 e. The highest BCUT2D eigenvalue weighted by Gasteiger charge is 2.20. The van der Waals surface area contributed by atoms with Gasteiger partial charge in [-0.3, -0.25) is 4.79 Å². The maximum Gasteiger partial charge on any atom is 0.242 e. The summed E-state index contributed by atoms with van der Waals surface area (Å²) in [5, 5.41) is 12.1. The number of hydrogen-bond donors (Lipinski definition) is 1. The molecule has 0 saturated heterocycles. The van der Waals surface area contributed by atoms with Gasteiger partial charge in [-0.05, 0) is 36.2 Å². The van der Waals surface area contributed by atoms with E-state index < -0.39 is 5.92 Å². The number of amides is 1. The molecule has 2 aromatic rings. The SMILES string of the molecule is COc1cccc(C[C@H](C#N)C(=O)Nc2ccccc2OC)c1. The van der Waals surface area contributed by atoms with Gasteiger partial charge in [-0.1, -0.05) is 24.3 Å². The van der Waals surface area contributed by atoms with Gasteiger partial charge in [-0.25, -0.2) is 0 Å². The van der Waals surface area contributed by atoms with Crippen LogP contribution in [0.25, 0.3) is 0 Å². The van der Waals surface area contributed by atoms with Crippen LogP contribution in [0.3, 0.4) is 0 Å². The Labute approximate surface area is 135 Å². The number of carbonyl (C=O) groups is 1. The zero-order valence-corrected chi connectivity index (χ0v) is 13.1. The van der Waals surface area contributed by atoms with Crippen molar-refractivity contribution in [2.75, 3.05) is 19.5 Å². The molecule has 2 aromatic carbocycles. The molecule has 0 saturated carbocycles. The fourth-order valence-electron chi connectivity index (χ4n) is 2.20. The predicted octanol–water partition coefficient (Wildman–Crippen LogP) is 3.02. The van der Waals surface area contributed by atoms with Gasteiger partial charge >= 0.3 is 0 Å². The van der Waals surface area contributed by atoms with E-state index in [1.54, 1.807) is 25.3 Å². The summed E-state index contributed by atoms with van der Waals surface area (Å²) in [6.07, 6.45) is 0.314. The average molecular weight is 310 g/mol. The third kappa shape index (κ3) is 4.24. The van der Waals surface area contributed by atoms with Gasteiger partial charge in [0, 0.05) is 0 Å². The van der Waals surface area contributed by atoms with Crippen LogP contribution in [-0.2, 0) is 11.2 Å². The molecule has 5 heteroatoms. The lowest BCUT2D eigenvalue weighted by Gasteiger charge is -2.13. The van der Waals surface area contributed by atoms with Crippen molar-refractivity contribution in [1.29, 1.82) is 5.26 Å². The second-order valence-electron chi connectivity index (χ2n) is 4.93. The molecule has 0 bridgehead atoms. The summed E-state index contributed by atoms with van der Waals surface area (Å²) >= 11 is 0. The van der Waals surface area contributed by atoms with Crippen LogP contribution in [0.2, 0.25) is 0 Å². The maximum absolute atomic E-state index is 12.4. The van der Waals surface area contributed by atoms with Crippen molar-refractivity contribution in [2.24, 2.45) is 5.92 Å². The van der Waals surface area contributed by atoms with Gasteiger partial charge in [0.1, 0.15) is 17.4 Å². The Hall–Kier alpha value is -3.00. The lowest BCUT2D eigenvalue weighted by Crippen LogP contribution is -2.23. The molecule has 0 aliphatic carbocycles. The molecule has 0 spiro atoms. The monoisotopic (exact) mass is 310 g/mol. The third-order valence-corrected chi connectivity index (χ3v) is 3.41. The van der Waals surface area contributed by atoms with Crippen LogP contribution in [0.4, 0.5) is 5.69 Å². The maximum atomic E-state index is 12.4. The fraction of sp³-hybridized carbons (Fsp3) is 0.222. The van der Waals surface area contributed by atoms with Gasteiger partial charge in [0.15, 0.2) is 0 Å². The van der Waals surface area contributed by atoms with Gasteiger partial charge in [0.2, 0.25) is 5.91 Å². The highest BCUT2D eigenvalue weighted by atomic mass is 16.5. The Bertz CT molecular complexity index is 722. The standard InChI is InChI=1S/C18H18N2O3/c1-22-15-7-5-6-13(11-15)10-14(12-19)18(21)20-16-8-3-4-9-17(16)23-2/h3-9,11,14H,10H2,1-2H3,(H,20,21)/t14-/m1/s1. The number of nitrogens with one attached hydrogen (secondary N) is 1. The van der Waals surface area contributed by atoms with Crippen LogP contribution in [0, 0.1) is 17.2 Å². The van der Waals surface area contributed by atoms with Crippen molar-refractivity contribution in [1.82, 2.24) is 0 Å². The van der Waals surface area contributed by atoms with E-state index in [4.69, 9.17) is 9.47 Å². The van der Waals surface area contributed by atoms with Crippen molar-refractivity contribution in [3.8, 4) is 17.6 Å². The molecule has 1 N–H and O–H groups in total. The van der Waals surface area contributed by atoms with E-state index >= 15 is 0 Å². The van der Waals surface area contributed by atoms with Crippen molar-refractivity contribution in [2.45, 2.75) is 6.42 Å². The van der Waals surface area contributed by atoms with Crippen LogP contribution < -0.4 is 14.8 Å². The number of rotatable bonds is 6. The first kappa shape index (κ1) is 16.4. The fourth-order valence-corrected chi connectivity index (χ4v) is 2.20. The van der Waals surface area contributed by atoms with E-state index in [0.29, 0.717) is 23.6 Å². The molecular weight excluding hydrogens is 292 g/mol. The highest BCUT2D eigenvalue weighted by Crippen LogP contribution is 2.24. The Morgan fingerprint density at radius 1 is 1.17 bits per heavy atom. The molecule has 0 heterocycles. The Morgan fingerprint density at radius 2 is 1.96 bits per heavy atom. The van der Waals surface area contributed by atoms with Crippen LogP contribution in [0.1, 0.15) is 5.56 Å². The molecule has 0 fully saturated rings. The minimum Gasteiger partial charge on any atom is -0.497 e. The normalized spacial score (nSPS) is 11.2. The van der Waals surface area contributed by atoms with Gasteiger partial charge < -0.3 is 14.8 Å². The van der Waals surface area contributed by atoms with Crippen LogP contribution in [0.15, 0.2) is 48.5 Å². The number of nitrogens with zero attached hydrogens (tertiary/aromatic N) is 1. The molecule has 1 amide bonds. The van der Waals surface area contributed by atoms with Gasteiger partial charge in [0.25, 0.3) is 0 Å². The number of anilines is 1. The zero-order chi connectivity index (χ0) is 16.7. The first-order chi connectivity index (χ1) is 11.2. The lowest BCUT2D eigenvalue weighted by molar-refractivity contribution is -0.118. The van der Waals surface area contributed by atoms with E-state index in [1.165, 1.54) is 7.11 Å². The number of methoxy groups -OCH3 is 2. The van der Waals surface area contributed by atoms with Crippen LogP contribution in [-0.4, -0.2) is 20.1 Å². The van der Waals surface area contributed by atoms with Crippen LogP contribution in [0.5, 0.6) is 11.5 Å². The number of nitriles is 1. The summed E-state index contributed by atoms with van der Waals surface area (Å²) in [6, 6.07) is 16.5. The molecule has 2 rings (SSSR count). The average Bonchev–Trinajstić information content (AvgIpc) is 2.60. The predicted molar refractivity (Wildman–Crippen MR) is 87.4 cm³/mol. The molecule has 0 radical (unpaired) electrons. The molecule has 0 aliphatic heterocycles. The van der Waals surface area contributed by atoms with Crippen molar-refractivity contribution < 1.29 is 14.3 Å². The second kappa shape index (κ2) is 7.85. The summed E-state index contributed by atoms with van der Waals surface area (Å²) in [7, 11) is 3.11. The molecule has 23 heavy (non-hydrogen) atoms. The summed E-state index contributed by atoms with van der Waals surface area (Å²) in [4.78, 5) is 12.4. The lowest BCUT2D eigenvalue weighted by atomic mass is 9.99. The van der Waals surface area contributed by atoms with Crippen molar-refractivity contribution >= 4 is 11.6 Å². The topological polar surface area (TPSA) is 71.3 Å². The van der Waals surface area contributed by atoms with E-state index in [1.807, 2.05) is 30.3 Å². The molecule has 0 aromatic heterocycles. The van der Waals surface area contributed by atoms with E-state index in [2.05, 4.69) is 11.4 Å². The third-order valence-electron chi connectivity index (χ3n) is 3.41. The molecule has 0 aliphatic rings.